The summed E-state index contributed by atoms with van der Waals surface area (Å²) in [5, 5.41) is 13.4. The number of benzene rings is 2. The maximum Gasteiger partial charge on any atom is 0.264 e. The van der Waals surface area contributed by atoms with Crippen LogP contribution in [0.25, 0.3) is 0 Å². The van der Waals surface area contributed by atoms with Crippen molar-refractivity contribution in [3.63, 3.8) is 0 Å². The quantitative estimate of drug-likeness (QED) is 0.546. The number of ketones is 1. The normalized spacial score (nSPS) is 19.3. The lowest BCUT2D eigenvalue weighted by atomic mass is 9.88. The Labute approximate surface area is 184 Å². The molecule has 2 aliphatic rings. The van der Waals surface area contributed by atoms with Crippen LogP contribution in [0.1, 0.15) is 27.2 Å². The number of nitrogens with zero attached hydrogens (tertiary/aromatic N) is 1. The molecule has 1 atom stereocenters. The van der Waals surface area contributed by atoms with Gasteiger partial charge in [-0.3, -0.25) is 9.59 Å². The van der Waals surface area contributed by atoms with E-state index in [0.717, 1.165) is 9.35 Å². The zero-order chi connectivity index (χ0) is 20.9. The van der Waals surface area contributed by atoms with Crippen molar-refractivity contribution in [3.8, 4) is 11.5 Å². The number of carbonyl (C=O) groups is 2. The molecule has 1 aromatic heterocycles. The van der Waals surface area contributed by atoms with Crippen molar-refractivity contribution in [2.45, 2.75) is 18.6 Å². The van der Waals surface area contributed by atoms with E-state index in [1.54, 1.807) is 35.2 Å². The third-order valence-electron chi connectivity index (χ3n) is 5.30. The van der Waals surface area contributed by atoms with Crippen LogP contribution in [0.2, 0.25) is 0 Å². The van der Waals surface area contributed by atoms with E-state index in [1.165, 1.54) is 11.3 Å². The summed E-state index contributed by atoms with van der Waals surface area (Å²) in [5.74, 6) is 0.192. The van der Waals surface area contributed by atoms with Crippen molar-refractivity contribution in [3.05, 3.63) is 74.4 Å². The molecular formula is C22H16BrNO5S. The number of anilines is 1. The average molecular weight is 486 g/mol. The smallest absolute Gasteiger partial charge is 0.264 e. The molecule has 3 aromatic rings. The van der Waals surface area contributed by atoms with Crippen LogP contribution in [0, 0.1) is 0 Å². The third kappa shape index (κ3) is 3.12. The second-order valence-corrected chi connectivity index (χ2v) is 9.11. The Kier molecular flexibility index (Phi) is 4.65. The Morgan fingerprint density at radius 3 is 2.80 bits per heavy atom. The molecule has 2 aromatic carbocycles. The van der Waals surface area contributed by atoms with Crippen LogP contribution in [0.5, 0.6) is 11.5 Å². The molecular weight excluding hydrogens is 470 g/mol. The van der Waals surface area contributed by atoms with Crippen LogP contribution in [0.4, 0.5) is 5.69 Å². The molecule has 30 heavy (non-hydrogen) atoms. The van der Waals surface area contributed by atoms with Gasteiger partial charge in [0.25, 0.3) is 5.91 Å². The van der Waals surface area contributed by atoms with E-state index in [9.17, 15) is 14.7 Å². The van der Waals surface area contributed by atoms with E-state index in [-0.39, 0.29) is 19.0 Å². The first-order chi connectivity index (χ1) is 14.5. The molecule has 0 saturated carbocycles. The number of thiophene rings is 1. The number of hydrogen-bond acceptors (Lipinski definition) is 6. The summed E-state index contributed by atoms with van der Waals surface area (Å²) in [5.41, 5.74) is -0.553. The monoisotopic (exact) mass is 485 g/mol. The first-order valence-electron chi connectivity index (χ1n) is 9.25. The molecule has 152 valence electrons. The van der Waals surface area contributed by atoms with Crippen molar-refractivity contribution in [1.29, 1.82) is 0 Å². The standard InChI is InChI=1S/C22H16BrNO5S/c23-14-4-5-17-16(9-14)22(27,21(26)24(17)11-15-2-1-7-30-15)10-18(25)13-3-6-19-20(8-13)29-12-28-19/h1-9,27H,10-12H2/t22-/m0/s1. The number of aliphatic hydroxyl groups is 1. The Balaban J connectivity index is 1.49. The number of fused-ring (bicyclic) bond motifs is 2. The van der Waals surface area contributed by atoms with E-state index >= 15 is 0 Å². The molecule has 1 amide bonds. The summed E-state index contributed by atoms with van der Waals surface area (Å²) < 4.78 is 11.3. The minimum absolute atomic E-state index is 0.106. The molecule has 6 nitrogen and oxygen atoms in total. The minimum atomic E-state index is -1.94. The van der Waals surface area contributed by atoms with Crippen molar-refractivity contribution >= 4 is 44.6 Å². The van der Waals surface area contributed by atoms with Gasteiger partial charge in [-0.15, -0.1) is 11.3 Å². The average Bonchev–Trinajstić information content (AvgIpc) is 3.45. The van der Waals surface area contributed by atoms with Crippen molar-refractivity contribution < 1.29 is 24.2 Å². The zero-order valence-electron chi connectivity index (χ0n) is 15.6. The molecule has 0 saturated heterocycles. The summed E-state index contributed by atoms with van der Waals surface area (Å²) in [6.45, 7) is 0.445. The van der Waals surface area contributed by atoms with Gasteiger partial charge in [0.15, 0.2) is 22.9 Å². The molecule has 1 N–H and O–H groups in total. The highest BCUT2D eigenvalue weighted by molar-refractivity contribution is 9.10. The van der Waals surface area contributed by atoms with E-state index in [2.05, 4.69) is 15.9 Å². The van der Waals surface area contributed by atoms with Crippen LogP contribution in [-0.4, -0.2) is 23.6 Å². The number of halogens is 1. The van der Waals surface area contributed by atoms with Crippen molar-refractivity contribution in [2.24, 2.45) is 0 Å². The summed E-state index contributed by atoms with van der Waals surface area (Å²) in [6.07, 6.45) is -0.365. The second kappa shape index (κ2) is 7.23. The second-order valence-electron chi connectivity index (χ2n) is 7.16. The lowest BCUT2D eigenvalue weighted by Gasteiger charge is -2.22. The van der Waals surface area contributed by atoms with E-state index in [1.807, 2.05) is 23.6 Å². The molecule has 2 aliphatic heterocycles. The third-order valence-corrected chi connectivity index (χ3v) is 6.65. The number of ether oxygens (including phenoxy) is 2. The SMILES string of the molecule is O=C(C[C@@]1(O)C(=O)N(Cc2cccs2)c2ccc(Br)cc21)c1ccc2c(c1)OCO2. The largest absolute Gasteiger partial charge is 0.454 e. The topological polar surface area (TPSA) is 76.1 Å². The summed E-state index contributed by atoms with van der Waals surface area (Å²) >= 11 is 4.94. The number of amides is 1. The van der Waals surface area contributed by atoms with E-state index in [4.69, 9.17) is 9.47 Å². The maximum atomic E-state index is 13.3. The van der Waals surface area contributed by atoms with Gasteiger partial charge in [-0.25, -0.2) is 0 Å². The molecule has 0 spiro atoms. The van der Waals surface area contributed by atoms with Gasteiger partial charge in [0.1, 0.15) is 0 Å². The summed E-state index contributed by atoms with van der Waals surface area (Å²) in [4.78, 5) is 28.9. The van der Waals surface area contributed by atoms with Gasteiger partial charge in [0.05, 0.1) is 18.7 Å². The van der Waals surface area contributed by atoms with Crippen LogP contribution < -0.4 is 14.4 Å². The molecule has 0 fully saturated rings. The van der Waals surface area contributed by atoms with Crippen molar-refractivity contribution in [2.75, 3.05) is 11.7 Å². The van der Waals surface area contributed by atoms with Gasteiger partial charge in [-0.2, -0.15) is 0 Å². The molecule has 8 heteroatoms. The number of carbonyl (C=O) groups excluding carboxylic acids is 2. The Morgan fingerprint density at radius 2 is 2.00 bits per heavy atom. The van der Waals surface area contributed by atoms with Gasteiger partial charge in [-0.1, -0.05) is 22.0 Å². The predicted octanol–water partition coefficient (Wildman–Crippen LogP) is 4.25. The van der Waals surface area contributed by atoms with Gasteiger partial charge < -0.3 is 19.5 Å². The van der Waals surface area contributed by atoms with Gasteiger partial charge in [0, 0.05) is 20.5 Å². The highest BCUT2D eigenvalue weighted by Gasteiger charge is 2.51. The fourth-order valence-corrected chi connectivity index (χ4v) is 4.87. The molecule has 5 rings (SSSR count). The van der Waals surface area contributed by atoms with Gasteiger partial charge in [0.2, 0.25) is 6.79 Å². The Bertz CT molecular complexity index is 1160. The highest BCUT2D eigenvalue weighted by atomic mass is 79.9. The molecule has 0 radical (unpaired) electrons. The fourth-order valence-electron chi connectivity index (χ4n) is 3.81. The highest BCUT2D eigenvalue weighted by Crippen LogP contribution is 2.45. The van der Waals surface area contributed by atoms with Crippen LogP contribution in [0.15, 0.2) is 58.4 Å². The first-order valence-corrected chi connectivity index (χ1v) is 10.9. The fraction of sp³-hybridized carbons (Fsp3) is 0.182. The number of Topliss-reactive ketones (excluding diaryl/α,β-unsaturated/α-hetero) is 1. The number of hydrogen-bond donors (Lipinski definition) is 1. The summed E-state index contributed by atoms with van der Waals surface area (Å²) in [6, 6.07) is 14.0. The Morgan fingerprint density at radius 1 is 1.17 bits per heavy atom. The van der Waals surface area contributed by atoms with E-state index in [0.29, 0.717) is 34.9 Å². The maximum absolute atomic E-state index is 13.3. The Hall–Kier alpha value is -2.68. The van der Waals surface area contributed by atoms with Gasteiger partial charge in [-0.05, 0) is 47.8 Å². The zero-order valence-corrected chi connectivity index (χ0v) is 18.0. The predicted molar refractivity (Wildman–Crippen MR) is 115 cm³/mol. The minimum Gasteiger partial charge on any atom is -0.454 e. The van der Waals surface area contributed by atoms with Crippen molar-refractivity contribution in [1.82, 2.24) is 0 Å². The first kappa shape index (κ1) is 19.3. The lowest BCUT2D eigenvalue weighted by Crippen LogP contribution is -2.41. The molecule has 0 unspecified atom stereocenters. The summed E-state index contributed by atoms with van der Waals surface area (Å²) in [7, 11) is 0. The lowest BCUT2D eigenvalue weighted by molar-refractivity contribution is -0.136. The van der Waals surface area contributed by atoms with Crippen LogP contribution in [0.3, 0.4) is 0 Å². The van der Waals surface area contributed by atoms with Gasteiger partial charge >= 0.3 is 0 Å². The molecule has 3 heterocycles. The van der Waals surface area contributed by atoms with Crippen LogP contribution in [-0.2, 0) is 16.9 Å². The van der Waals surface area contributed by atoms with Crippen LogP contribution >= 0.6 is 27.3 Å². The van der Waals surface area contributed by atoms with E-state index < -0.39 is 11.5 Å². The molecule has 0 aliphatic carbocycles. The molecule has 0 bridgehead atoms. The number of rotatable bonds is 5.